The number of halogens is 1. The maximum atomic E-state index is 9.17. The summed E-state index contributed by atoms with van der Waals surface area (Å²) in [6.07, 6.45) is 1.05. The van der Waals surface area contributed by atoms with Crippen LogP contribution in [0.4, 0.5) is 0 Å². The molecule has 0 saturated carbocycles. The van der Waals surface area contributed by atoms with Gasteiger partial charge in [-0.15, -0.1) is 0 Å². The van der Waals surface area contributed by atoms with Crippen LogP contribution in [0.15, 0.2) is 46.9 Å². The van der Waals surface area contributed by atoms with Gasteiger partial charge in [0.2, 0.25) is 0 Å². The molecule has 0 spiro atoms. The van der Waals surface area contributed by atoms with Crippen molar-refractivity contribution in [1.82, 2.24) is 0 Å². The molecule has 0 amide bonds. The second-order valence-electron chi connectivity index (χ2n) is 4.70. The Morgan fingerprint density at radius 2 is 1.95 bits per heavy atom. The smallest absolute Gasteiger partial charge is 0.146 e. The normalized spacial score (nSPS) is 11.7. The van der Waals surface area contributed by atoms with Gasteiger partial charge in [-0.3, -0.25) is 0 Å². The van der Waals surface area contributed by atoms with Gasteiger partial charge >= 0.3 is 0 Å². The summed E-state index contributed by atoms with van der Waals surface area (Å²) in [6, 6.07) is 15.6. The van der Waals surface area contributed by atoms with Gasteiger partial charge in [0.05, 0.1) is 5.56 Å². The first-order valence-corrected chi connectivity index (χ1v) is 7.41. The Balaban J connectivity index is 2.41. The van der Waals surface area contributed by atoms with Crippen LogP contribution in [0, 0.1) is 11.3 Å². The van der Waals surface area contributed by atoms with Gasteiger partial charge in [0, 0.05) is 4.47 Å². The largest absolute Gasteiger partial charge is 0.456 e. The Hall–Kier alpha value is -1.79. The van der Waals surface area contributed by atoms with Crippen molar-refractivity contribution in [3.05, 3.63) is 58.1 Å². The van der Waals surface area contributed by atoms with Crippen LogP contribution in [0.5, 0.6) is 11.5 Å². The van der Waals surface area contributed by atoms with Crippen molar-refractivity contribution in [1.29, 1.82) is 5.26 Å². The topological polar surface area (TPSA) is 33.0 Å². The molecule has 3 heteroatoms. The zero-order valence-corrected chi connectivity index (χ0v) is 13.1. The van der Waals surface area contributed by atoms with E-state index in [2.05, 4.69) is 41.9 Å². The van der Waals surface area contributed by atoms with E-state index in [0.717, 1.165) is 16.6 Å². The highest BCUT2D eigenvalue weighted by atomic mass is 79.9. The van der Waals surface area contributed by atoms with Crippen LogP contribution in [0.25, 0.3) is 0 Å². The van der Waals surface area contributed by atoms with E-state index in [4.69, 9.17) is 10.00 Å². The number of rotatable bonds is 4. The Bertz CT molecular complexity index is 646. The molecule has 20 heavy (non-hydrogen) atoms. The fourth-order valence-corrected chi connectivity index (χ4v) is 2.33. The molecule has 0 aliphatic rings. The van der Waals surface area contributed by atoms with E-state index in [1.807, 2.05) is 30.3 Å². The Kier molecular flexibility index (Phi) is 4.81. The number of nitrogens with zero attached hydrogens (tertiary/aromatic N) is 1. The summed E-state index contributed by atoms with van der Waals surface area (Å²) < 4.78 is 6.88. The molecule has 1 atom stereocenters. The molecule has 0 N–H and O–H groups in total. The van der Waals surface area contributed by atoms with Gasteiger partial charge in [-0.1, -0.05) is 48.0 Å². The quantitative estimate of drug-likeness (QED) is 0.728. The minimum atomic E-state index is 0.420. The summed E-state index contributed by atoms with van der Waals surface area (Å²) >= 11 is 3.41. The fourth-order valence-electron chi connectivity index (χ4n) is 1.99. The zero-order valence-electron chi connectivity index (χ0n) is 11.6. The van der Waals surface area contributed by atoms with Crippen molar-refractivity contribution in [3.8, 4) is 17.6 Å². The highest BCUT2D eigenvalue weighted by Gasteiger charge is 2.12. The molecule has 0 fully saturated rings. The first-order chi connectivity index (χ1) is 9.65. The van der Waals surface area contributed by atoms with Gasteiger partial charge in [-0.2, -0.15) is 5.26 Å². The summed E-state index contributed by atoms with van der Waals surface area (Å²) in [5.41, 5.74) is 1.70. The molecule has 0 bridgehead atoms. The third-order valence-corrected chi connectivity index (χ3v) is 3.84. The molecule has 102 valence electrons. The number of hydrogen-bond acceptors (Lipinski definition) is 2. The standard InChI is InChI=1S/C17H16BrNO/c1-3-12(2)15-6-4-5-7-16(15)20-17-10-14(18)9-8-13(17)11-19/h4-10,12H,3H2,1-2H3. The first kappa shape index (κ1) is 14.6. The van der Waals surface area contributed by atoms with Crippen molar-refractivity contribution in [2.45, 2.75) is 26.2 Å². The van der Waals surface area contributed by atoms with Crippen LogP contribution in [0.1, 0.15) is 37.3 Å². The average Bonchev–Trinajstić information content (AvgIpc) is 2.47. The van der Waals surface area contributed by atoms with Crippen molar-refractivity contribution in [2.75, 3.05) is 0 Å². The van der Waals surface area contributed by atoms with E-state index in [9.17, 15) is 0 Å². The number of ether oxygens (including phenoxy) is 1. The van der Waals surface area contributed by atoms with Gasteiger partial charge in [-0.05, 0) is 42.2 Å². The molecular formula is C17H16BrNO. The van der Waals surface area contributed by atoms with Crippen LogP contribution >= 0.6 is 15.9 Å². The van der Waals surface area contributed by atoms with E-state index < -0.39 is 0 Å². The van der Waals surface area contributed by atoms with E-state index in [0.29, 0.717) is 17.2 Å². The monoisotopic (exact) mass is 329 g/mol. The van der Waals surface area contributed by atoms with Crippen LogP contribution in [0.2, 0.25) is 0 Å². The average molecular weight is 330 g/mol. The molecule has 2 aromatic carbocycles. The molecule has 0 saturated heterocycles. The van der Waals surface area contributed by atoms with Crippen molar-refractivity contribution < 1.29 is 4.74 Å². The van der Waals surface area contributed by atoms with Crippen molar-refractivity contribution >= 4 is 15.9 Å². The molecule has 2 nitrogen and oxygen atoms in total. The summed E-state index contributed by atoms with van der Waals surface area (Å²) in [5.74, 6) is 1.82. The lowest BCUT2D eigenvalue weighted by atomic mass is 9.98. The van der Waals surface area contributed by atoms with Gasteiger partial charge in [0.25, 0.3) is 0 Å². The second kappa shape index (κ2) is 6.58. The third-order valence-electron chi connectivity index (χ3n) is 3.35. The maximum absolute atomic E-state index is 9.17. The molecule has 2 aromatic rings. The summed E-state index contributed by atoms with van der Waals surface area (Å²) in [5, 5.41) is 9.17. The Morgan fingerprint density at radius 3 is 2.65 bits per heavy atom. The Labute approximate surface area is 128 Å². The van der Waals surface area contributed by atoms with Crippen LogP contribution < -0.4 is 4.74 Å². The molecule has 0 aliphatic heterocycles. The minimum Gasteiger partial charge on any atom is -0.456 e. The molecule has 2 rings (SSSR count). The van der Waals surface area contributed by atoms with E-state index in [1.165, 1.54) is 5.56 Å². The highest BCUT2D eigenvalue weighted by molar-refractivity contribution is 9.10. The van der Waals surface area contributed by atoms with Crippen LogP contribution in [-0.4, -0.2) is 0 Å². The predicted molar refractivity (Wildman–Crippen MR) is 84.1 cm³/mol. The summed E-state index contributed by atoms with van der Waals surface area (Å²) in [4.78, 5) is 0. The van der Waals surface area contributed by atoms with E-state index in [-0.39, 0.29) is 0 Å². The lowest BCUT2D eigenvalue weighted by Gasteiger charge is -2.16. The van der Waals surface area contributed by atoms with Gasteiger partial charge < -0.3 is 4.74 Å². The molecular weight excluding hydrogens is 314 g/mol. The first-order valence-electron chi connectivity index (χ1n) is 6.62. The maximum Gasteiger partial charge on any atom is 0.146 e. The number of para-hydroxylation sites is 1. The number of hydrogen-bond donors (Lipinski definition) is 0. The van der Waals surface area contributed by atoms with Crippen LogP contribution in [-0.2, 0) is 0 Å². The lowest BCUT2D eigenvalue weighted by Crippen LogP contribution is -1.97. The van der Waals surface area contributed by atoms with E-state index in [1.54, 1.807) is 6.07 Å². The predicted octanol–water partition coefficient (Wildman–Crippen LogP) is 5.63. The van der Waals surface area contributed by atoms with Gasteiger partial charge in [0.15, 0.2) is 0 Å². The number of nitriles is 1. The lowest BCUT2D eigenvalue weighted by molar-refractivity contribution is 0.468. The Morgan fingerprint density at radius 1 is 1.20 bits per heavy atom. The fraction of sp³-hybridized carbons (Fsp3) is 0.235. The van der Waals surface area contributed by atoms with Gasteiger partial charge in [-0.25, -0.2) is 0 Å². The van der Waals surface area contributed by atoms with E-state index >= 15 is 0 Å². The SMILES string of the molecule is CCC(C)c1ccccc1Oc1cc(Br)ccc1C#N. The molecule has 0 heterocycles. The molecule has 1 unspecified atom stereocenters. The summed E-state index contributed by atoms with van der Waals surface area (Å²) in [6.45, 7) is 4.33. The van der Waals surface area contributed by atoms with Crippen molar-refractivity contribution in [3.63, 3.8) is 0 Å². The number of benzene rings is 2. The highest BCUT2D eigenvalue weighted by Crippen LogP contribution is 2.34. The second-order valence-corrected chi connectivity index (χ2v) is 5.62. The van der Waals surface area contributed by atoms with Crippen molar-refractivity contribution in [2.24, 2.45) is 0 Å². The zero-order chi connectivity index (χ0) is 14.5. The molecule has 0 radical (unpaired) electrons. The molecule has 0 aromatic heterocycles. The molecule has 0 aliphatic carbocycles. The summed E-state index contributed by atoms with van der Waals surface area (Å²) in [7, 11) is 0. The van der Waals surface area contributed by atoms with Crippen LogP contribution in [0.3, 0.4) is 0 Å². The minimum absolute atomic E-state index is 0.420. The third kappa shape index (κ3) is 3.20. The van der Waals surface area contributed by atoms with Gasteiger partial charge in [0.1, 0.15) is 17.6 Å².